The van der Waals surface area contributed by atoms with Crippen molar-refractivity contribution in [2.24, 2.45) is 5.41 Å². The van der Waals surface area contributed by atoms with Gasteiger partial charge in [-0.2, -0.15) is 0 Å². The zero-order valence-corrected chi connectivity index (χ0v) is 12.0. The summed E-state index contributed by atoms with van der Waals surface area (Å²) in [6.07, 6.45) is 1.51. The van der Waals surface area contributed by atoms with Crippen LogP contribution in [0.1, 0.15) is 24.3 Å². The number of carbonyl (C=O) groups excluding carboxylic acids is 1. The molecule has 2 heterocycles. The fourth-order valence-corrected chi connectivity index (χ4v) is 2.18. The van der Waals surface area contributed by atoms with Gasteiger partial charge in [-0.15, -0.1) is 0 Å². The predicted octanol–water partition coefficient (Wildman–Crippen LogP) is 0.733. The van der Waals surface area contributed by atoms with Gasteiger partial charge in [0.1, 0.15) is 11.1 Å². The Balaban J connectivity index is 2.15. The van der Waals surface area contributed by atoms with Gasteiger partial charge < -0.3 is 20.5 Å². The van der Waals surface area contributed by atoms with E-state index in [2.05, 4.69) is 15.6 Å². The highest BCUT2D eigenvalue weighted by Crippen LogP contribution is 2.31. The van der Waals surface area contributed by atoms with E-state index in [1.165, 1.54) is 6.20 Å². The maximum absolute atomic E-state index is 11.7. The van der Waals surface area contributed by atoms with Gasteiger partial charge in [0.05, 0.1) is 19.3 Å². The van der Waals surface area contributed by atoms with E-state index in [4.69, 9.17) is 4.74 Å². The first-order valence-electron chi connectivity index (χ1n) is 6.79. The number of nitrogens with zero attached hydrogens (tertiary/aromatic N) is 1. The summed E-state index contributed by atoms with van der Waals surface area (Å²) in [6.45, 7) is 4.46. The number of carboxylic acids is 1. The molecule has 0 bridgehead atoms. The molecule has 21 heavy (non-hydrogen) atoms. The van der Waals surface area contributed by atoms with Crippen LogP contribution in [0, 0.1) is 5.41 Å². The first kappa shape index (κ1) is 15.2. The third-order valence-corrected chi connectivity index (χ3v) is 3.61. The summed E-state index contributed by atoms with van der Waals surface area (Å²) in [4.78, 5) is 27.1. The topological polar surface area (TPSA) is 101 Å². The number of hydrogen-bond acceptors (Lipinski definition) is 5. The standard InChI is InChI=1S/C14H19N3O4/c1-3-15-12(18)10-6-9(4-5-16-10)17-11-7-21-8-14(11,2)13(19)20/h4-6,11H,3,7-8H2,1-2H3,(H,15,18)(H,16,17)(H,19,20). The number of carbonyl (C=O) groups is 2. The molecule has 1 saturated heterocycles. The zero-order chi connectivity index (χ0) is 15.5. The molecule has 0 aromatic carbocycles. The largest absolute Gasteiger partial charge is 0.481 e. The van der Waals surface area contributed by atoms with Crippen LogP contribution in [0.15, 0.2) is 18.3 Å². The Morgan fingerprint density at radius 3 is 3.00 bits per heavy atom. The summed E-state index contributed by atoms with van der Waals surface area (Å²) >= 11 is 0. The monoisotopic (exact) mass is 293 g/mol. The maximum atomic E-state index is 11.7. The summed E-state index contributed by atoms with van der Waals surface area (Å²) in [5.41, 5.74) is -0.0539. The summed E-state index contributed by atoms with van der Waals surface area (Å²) in [5.74, 6) is -1.17. The van der Waals surface area contributed by atoms with Crippen molar-refractivity contribution in [1.29, 1.82) is 0 Å². The van der Waals surface area contributed by atoms with E-state index in [0.717, 1.165) is 0 Å². The second-order valence-corrected chi connectivity index (χ2v) is 5.22. The van der Waals surface area contributed by atoms with Gasteiger partial charge in [0.15, 0.2) is 0 Å². The van der Waals surface area contributed by atoms with E-state index in [-0.39, 0.29) is 24.2 Å². The highest BCUT2D eigenvalue weighted by Gasteiger charge is 2.46. The van der Waals surface area contributed by atoms with Crippen molar-refractivity contribution in [2.75, 3.05) is 25.1 Å². The van der Waals surface area contributed by atoms with Gasteiger partial charge in [0.2, 0.25) is 0 Å². The summed E-state index contributed by atoms with van der Waals surface area (Å²) in [5, 5.41) is 15.1. The molecule has 2 unspecified atom stereocenters. The van der Waals surface area contributed by atoms with Crippen molar-refractivity contribution in [2.45, 2.75) is 19.9 Å². The Morgan fingerprint density at radius 2 is 2.33 bits per heavy atom. The highest BCUT2D eigenvalue weighted by atomic mass is 16.5. The Kier molecular flexibility index (Phi) is 4.42. The zero-order valence-electron chi connectivity index (χ0n) is 12.0. The lowest BCUT2D eigenvalue weighted by Crippen LogP contribution is -2.43. The van der Waals surface area contributed by atoms with Crippen LogP contribution in [0.2, 0.25) is 0 Å². The molecule has 7 nitrogen and oxygen atoms in total. The molecule has 1 aromatic heterocycles. The van der Waals surface area contributed by atoms with Crippen molar-refractivity contribution in [3.05, 3.63) is 24.0 Å². The number of ether oxygens (including phenoxy) is 1. The molecule has 3 N–H and O–H groups in total. The van der Waals surface area contributed by atoms with Gasteiger partial charge in [-0.05, 0) is 26.0 Å². The van der Waals surface area contributed by atoms with Gasteiger partial charge in [0.25, 0.3) is 5.91 Å². The molecule has 0 radical (unpaired) electrons. The highest BCUT2D eigenvalue weighted by molar-refractivity contribution is 5.93. The quantitative estimate of drug-likeness (QED) is 0.740. The number of aromatic nitrogens is 1. The van der Waals surface area contributed by atoms with Crippen LogP contribution in [0.4, 0.5) is 5.69 Å². The van der Waals surface area contributed by atoms with E-state index in [9.17, 15) is 14.7 Å². The van der Waals surface area contributed by atoms with Crippen LogP contribution in [-0.4, -0.2) is 47.8 Å². The summed E-state index contributed by atoms with van der Waals surface area (Å²) in [6, 6.07) is 2.94. The fourth-order valence-electron chi connectivity index (χ4n) is 2.18. The van der Waals surface area contributed by atoms with Crippen molar-refractivity contribution in [3.8, 4) is 0 Å². The first-order valence-corrected chi connectivity index (χ1v) is 6.79. The molecule has 1 aliphatic heterocycles. The molecule has 0 spiro atoms. The molecule has 1 amide bonds. The van der Waals surface area contributed by atoms with Gasteiger partial charge in [-0.1, -0.05) is 0 Å². The van der Waals surface area contributed by atoms with Crippen molar-refractivity contribution in [1.82, 2.24) is 10.3 Å². The molecule has 114 valence electrons. The van der Waals surface area contributed by atoms with Crippen LogP contribution < -0.4 is 10.6 Å². The minimum absolute atomic E-state index is 0.161. The molecule has 2 rings (SSSR count). The van der Waals surface area contributed by atoms with E-state index in [1.54, 1.807) is 19.1 Å². The molecule has 1 fully saturated rings. The lowest BCUT2D eigenvalue weighted by atomic mass is 9.85. The number of nitrogens with one attached hydrogen (secondary N) is 2. The van der Waals surface area contributed by atoms with E-state index in [1.807, 2.05) is 6.92 Å². The summed E-state index contributed by atoms with van der Waals surface area (Å²) < 4.78 is 5.28. The minimum Gasteiger partial charge on any atom is -0.481 e. The average Bonchev–Trinajstić information content (AvgIpc) is 2.82. The summed E-state index contributed by atoms with van der Waals surface area (Å²) in [7, 11) is 0. The second-order valence-electron chi connectivity index (χ2n) is 5.22. The van der Waals surface area contributed by atoms with Gasteiger partial charge in [-0.25, -0.2) is 0 Å². The van der Waals surface area contributed by atoms with E-state index >= 15 is 0 Å². The third kappa shape index (κ3) is 3.13. The van der Waals surface area contributed by atoms with Crippen LogP contribution in [0.25, 0.3) is 0 Å². The molecule has 1 aliphatic rings. The van der Waals surface area contributed by atoms with Gasteiger partial charge >= 0.3 is 5.97 Å². The van der Waals surface area contributed by atoms with Gasteiger partial charge in [0, 0.05) is 18.4 Å². The number of pyridine rings is 1. The second kappa shape index (κ2) is 6.09. The fraction of sp³-hybridized carbons (Fsp3) is 0.500. The lowest BCUT2D eigenvalue weighted by molar-refractivity contribution is -0.148. The first-order chi connectivity index (χ1) is 9.97. The normalized spacial score (nSPS) is 24.6. The van der Waals surface area contributed by atoms with Crippen LogP contribution in [0.5, 0.6) is 0 Å². The van der Waals surface area contributed by atoms with E-state index in [0.29, 0.717) is 18.8 Å². The Labute approximate surface area is 122 Å². The van der Waals surface area contributed by atoms with Crippen molar-refractivity contribution >= 4 is 17.6 Å². The predicted molar refractivity (Wildman–Crippen MR) is 76.2 cm³/mol. The number of aliphatic carboxylic acids is 1. The number of hydrogen-bond donors (Lipinski definition) is 3. The minimum atomic E-state index is -0.991. The number of carboxylic acid groups (broad SMARTS) is 1. The molecular formula is C14H19N3O4. The molecule has 0 aliphatic carbocycles. The third-order valence-electron chi connectivity index (χ3n) is 3.61. The van der Waals surface area contributed by atoms with Crippen LogP contribution >= 0.6 is 0 Å². The lowest BCUT2D eigenvalue weighted by Gasteiger charge is -2.26. The van der Waals surface area contributed by atoms with Crippen molar-refractivity contribution in [3.63, 3.8) is 0 Å². The molecule has 1 aromatic rings. The number of rotatable bonds is 5. The number of anilines is 1. The van der Waals surface area contributed by atoms with Crippen LogP contribution in [-0.2, 0) is 9.53 Å². The van der Waals surface area contributed by atoms with Gasteiger partial charge in [-0.3, -0.25) is 14.6 Å². The average molecular weight is 293 g/mol. The maximum Gasteiger partial charge on any atom is 0.313 e. The Morgan fingerprint density at radius 1 is 1.57 bits per heavy atom. The van der Waals surface area contributed by atoms with Crippen molar-refractivity contribution < 1.29 is 19.4 Å². The van der Waals surface area contributed by atoms with E-state index < -0.39 is 11.4 Å². The molecule has 7 heteroatoms. The van der Waals surface area contributed by atoms with Crippen LogP contribution in [0.3, 0.4) is 0 Å². The SMILES string of the molecule is CCNC(=O)c1cc(NC2COCC2(C)C(=O)O)ccn1. The number of amides is 1. The molecule has 2 atom stereocenters. The molecule has 0 saturated carbocycles. The smallest absolute Gasteiger partial charge is 0.313 e. The molecular weight excluding hydrogens is 274 g/mol. The Hall–Kier alpha value is -2.15. The Bertz CT molecular complexity index is 549.